The molecule has 0 aliphatic carbocycles. The first-order chi connectivity index (χ1) is 13.8. The third-order valence-electron chi connectivity index (χ3n) is 4.58. The summed E-state index contributed by atoms with van der Waals surface area (Å²) in [7, 11) is 0. The summed E-state index contributed by atoms with van der Waals surface area (Å²) in [5.74, 6) is 1.06. The summed E-state index contributed by atoms with van der Waals surface area (Å²) in [6, 6.07) is 13.3. The molecule has 0 spiro atoms. The van der Waals surface area contributed by atoms with Crippen molar-refractivity contribution in [3.05, 3.63) is 65.6 Å². The van der Waals surface area contributed by atoms with Gasteiger partial charge in [0, 0.05) is 18.1 Å². The van der Waals surface area contributed by atoms with E-state index in [0.717, 1.165) is 17.7 Å². The van der Waals surface area contributed by atoms with Crippen molar-refractivity contribution < 1.29 is 18.7 Å². The Morgan fingerprint density at radius 2 is 2.03 bits per heavy atom. The minimum Gasteiger partial charge on any atom is -0.483 e. The van der Waals surface area contributed by atoms with Crippen LogP contribution < -0.4 is 14.8 Å². The van der Waals surface area contributed by atoms with Gasteiger partial charge in [0.05, 0.1) is 11.4 Å². The molecule has 150 valence electrons. The number of ether oxygens (including phenoxy) is 2. The summed E-state index contributed by atoms with van der Waals surface area (Å²) in [6.45, 7) is 5.68. The van der Waals surface area contributed by atoms with Gasteiger partial charge in [0.2, 0.25) is 0 Å². The molecule has 1 aliphatic heterocycles. The number of anilines is 1. The first-order valence-corrected chi connectivity index (χ1v) is 9.37. The highest BCUT2D eigenvalue weighted by Crippen LogP contribution is 2.41. The van der Waals surface area contributed by atoms with E-state index < -0.39 is 0 Å². The molecular formula is C22H22FN3O3. The number of carbonyl (C=O) groups is 1. The van der Waals surface area contributed by atoms with Crippen LogP contribution in [0.25, 0.3) is 5.69 Å². The van der Waals surface area contributed by atoms with E-state index in [9.17, 15) is 9.18 Å². The number of nitrogens with zero attached hydrogens (tertiary/aromatic N) is 2. The lowest BCUT2D eigenvalue weighted by Gasteiger charge is -2.18. The molecule has 0 fully saturated rings. The Balaban J connectivity index is 1.46. The van der Waals surface area contributed by atoms with E-state index in [1.54, 1.807) is 28.9 Å². The lowest BCUT2D eigenvalue weighted by Crippen LogP contribution is -2.25. The molecule has 0 saturated carbocycles. The van der Waals surface area contributed by atoms with Crippen molar-refractivity contribution in [2.45, 2.75) is 32.8 Å². The van der Waals surface area contributed by atoms with Gasteiger partial charge in [0.25, 0.3) is 5.91 Å². The number of nitrogens with one attached hydrogen (secondary N) is 1. The Kier molecular flexibility index (Phi) is 4.74. The van der Waals surface area contributed by atoms with Crippen LogP contribution in [0.15, 0.2) is 48.5 Å². The van der Waals surface area contributed by atoms with E-state index in [2.05, 4.69) is 10.4 Å². The molecule has 0 unspecified atom stereocenters. The highest BCUT2D eigenvalue weighted by molar-refractivity contribution is 5.91. The molecule has 2 heterocycles. The van der Waals surface area contributed by atoms with Crippen molar-refractivity contribution in [3.8, 4) is 17.2 Å². The van der Waals surface area contributed by atoms with E-state index in [1.165, 1.54) is 12.1 Å². The number of fused-ring (bicyclic) bond motifs is 1. The van der Waals surface area contributed by atoms with E-state index >= 15 is 0 Å². The Hall–Kier alpha value is -3.35. The average Bonchev–Trinajstić information content (AvgIpc) is 3.18. The number of hydrogen-bond donors (Lipinski definition) is 1. The van der Waals surface area contributed by atoms with Gasteiger partial charge >= 0.3 is 0 Å². The standard InChI is InChI=1S/C22H22FN3O3/c1-14-11-19(26(25-14)17-9-7-16(23)8-10-17)24-20(27)13-28-18-6-4-5-15-12-22(2,3)29-21(15)18/h4-11H,12-13H2,1-3H3,(H,24,27). The Bertz CT molecular complexity index is 1060. The third kappa shape index (κ3) is 4.08. The number of halogens is 1. The zero-order valence-corrected chi connectivity index (χ0v) is 16.5. The highest BCUT2D eigenvalue weighted by Gasteiger charge is 2.32. The van der Waals surface area contributed by atoms with E-state index in [0.29, 0.717) is 23.0 Å². The second-order valence-electron chi connectivity index (χ2n) is 7.68. The third-order valence-corrected chi connectivity index (χ3v) is 4.58. The van der Waals surface area contributed by atoms with Crippen LogP contribution in [0.1, 0.15) is 25.1 Å². The van der Waals surface area contributed by atoms with Crippen LogP contribution in [0.5, 0.6) is 11.5 Å². The second kappa shape index (κ2) is 7.24. The van der Waals surface area contributed by atoms with Crippen molar-refractivity contribution >= 4 is 11.7 Å². The van der Waals surface area contributed by atoms with Gasteiger partial charge in [-0.05, 0) is 51.1 Å². The van der Waals surface area contributed by atoms with Crippen LogP contribution >= 0.6 is 0 Å². The Labute approximate surface area is 168 Å². The van der Waals surface area contributed by atoms with Gasteiger partial charge in [-0.3, -0.25) is 4.79 Å². The fourth-order valence-electron chi connectivity index (χ4n) is 3.39. The predicted octanol–water partition coefficient (Wildman–Crippen LogP) is 4.05. The van der Waals surface area contributed by atoms with Gasteiger partial charge in [0.1, 0.15) is 17.2 Å². The normalized spacial score (nSPS) is 14.2. The molecule has 0 saturated heterocycles. The van der Waals surface area contributed by atoms with E-state index in [-0.39, 0.29) is 23.9 Å². The van der Waals surface area contributed by atoms with Gasteiger partial charge in [-0.2, -0.15) is 5.10 Å². The highest BCUT2D eigenvalue weighted by atomic mass is 19.1. The van der Waals surface area contributed by atoms with Crippen LogP contribution in [0.4, 0.5) is 10.2 Å². The quantitative estimate of drug-likeness (QED) is 0.708. The molecule has 29 heavy (non-hydrogen) atoms. The summed E-state index contributed by atoms with van der Waals surface area (Å²) < 4.78 is 26.4. The molecule has 6 nitrogen and oxygen atoms in total. The molecule has 7 heteroatoms. The molecule has 0 bridgehead atoms. The maximum atomic E-state index is 13.2. The van der Waals surface area contributed by atoms with E-state index in [1.807, 2.05) is 32.9 Å². The summed E-state index contributed by atoms with van der Waals surface area (Å²) >= 11 is 0. The predicted molar refractivity (Wildman–Crippen MR) is 107 cm³/mol. The van der Waals surface area contributed by atoms with Gasteiger partial charge in [0.15, 0.2) is 18.1 Å². The monoisotopic (exact) mass is 395 g/mol. The largest absolute Gasteiger partial charge is 0.483 e. The molecule has 2 aromatic carbocycles. The topological polar surface area (TPSA) is 65.4 Å². The van der Waals surface area contributed by atoms with E-state index in [4.69, 9.17) is 9.47 Å². The summed E-state index contributed by atoms with van der Waals surface area (Å²) in [5.41, 5.74) is 2.15. The fraction of sp³-hybridized carbons (Fsp3) is 0.273. The van der Waals surface area contributed by atoms with Crippen LogP contribution in [-0.2, 0) is 11.2 Å². The molecule has 3 aromatic rings. The van der Waals surface area contributed by atoms with Crippen LogP contribution in [0, 0.1) is 12.7 Å². The molecule has 1 aliphatic rings. The molecule has 1 aromatic heterocycles. The number of amides is 1. The van der Waals surface area contributed by atoms with Crippen molar-refractivity contribution in [1.29, 1.82) is 0 Å². The van der Waals surface area contributed by atoms with Crippen LogP contribution in [0.2, 0.25) is 0 Å². The number of hydrogen-bond acceptors (Lipinski definition) is 4. The maximum absolute atomic E-state index is 13.2. The molecule has 0 radical (unpaired) electrons. The van der Waals surface area contributed by atoms with Gasteiger partial charge < -0.3 is 14.8 Å². The smallest absolute Gasteiger partial charge is 0.263 e. The minimum absolute atomic E-state index is 0.173. The lowest BCUT2D eigenvalue weighted by atomic mass is 10.0. The van der Waals surface area contributed by atoms with Crippen LogP contribution in [-0.4, -0.2) is 27.9 Å². The number of para-hydroxylation sites is 1. The molecule has 1 amide bonds. The van der Waals surface area contributed by atoms with Crippen molar-refractivity contribution in [2.24, 2.45) is 0 Å². The fourth-order valence-corrected chi connectivity index (χ4v) is 3.39. The number of aryl methyl sites for hydroxylation is 1. The van der Waals surface area contributed by atoms with Crippen molar-refractivity contribution in [2.75, 3.05) is 11.9 Å². The van der Waals surface area contributed by atoms with Gasteiger partial charge in [-0.25, -0.2) is 9.07 Å². The second-order valence-corrected chi connectivity index (χ2v) is 7.68. The summed E-state index contributed by atoms with van der Waals surface area (Å²) in [5, 5.41) is 7.16. The maximum Gasteiger partial charge on any atom is 0.263 e. The Morgan fingerprint density at radius 1 is 1.28 bits per heavy atom. The number of carbonyl (C=O) groups excluding carboxylic acids is 1. The van der Waals surface area contributed by atoms with Gasteiger partial charge in [-0.1, -0.05) is 12.1 Å². The first kappa shape index (κ1) is 19.0. The zero-order valence-electron chi connectivity index (χ0n) is 16.5. The summed E-state index contributed by atoms with van der Waals surface area (Å²) in [6.07, 6.45) is 0.794. The minimum atomic E-state index is -0.336. The molecular weight excluding hydrogens is 373 g/mol. The molecule has 1 N–H and O–H groups in total. The van der Waals surface area contributed by atoms with Crippen LogP contribution in [0.3, 0.4) is 0 Å². The average molecular weight is 395 g/mol. The lowest BCUT2D eigenvalue weighted by molar-refractivity contribution is -0.118. The Morgan fingerprint density at radius 3 is 2.79 bits per heavy atom. The number of rotatable bonds is 5. The zero-order chi connectivity index (χ0) is 20.6. The van der Waals surface area contributed by atoms with Crippen molar-refractivity contribution in [1.82, 2.24) is 9.78 Å². The number of aromatic nitrogens is 2. The molecule has 4 rings (SSSR count). The first-order valence-electron chi connectivity index (χ1n) is 9.37. The SMILES string of the molecule is Cc1cc(NC(=O)COc2cccc3c2OC(C)(C)C3)n(-c2ccc(F)cc2)n1. The van der Waals surface area contributed by atoms with Crippen molar-refractivity contribution in [3.63, 3.8) is 0 Å². The summed E-state index contributed by atoms with van der Waals surface area (Å²) in [4.78, 5) is 12.5. The van der Waals surface area contributed by atoms with Gasteiger partial charge in [-0.15, -0.1) is 0 Å². The number of benzene rings is 2. The molecule has 0 atom stereocenters.